The maximum absolute atomic E-state index is 12.8. The molecule has 1 aliphatic carbocycles. The van der Waals surface area contributed by atoms with Gasteiger partial charge in [0, 0.05) is 17.2 Å². The van der Waals surface area contributed by atoms with Gasteiger partial charge in [-0.05, 0) is 50.5 Å². The number of aromatic nitrogens is 4. The van der Waals surface area contributed by atoms with E-state index in [-0.39, 0.29) is 17.4 Å². The summed E-state index contributed by atoms with van der Waals surface area (Å²) in [5.74, 6) is 0.902. The number of fused-ring (bicyclic) bond motifs is 1. The van der Waals surface area contributed by atoms with Crippen molar-refractivity contribution in [2.24, 2.45) is 0 Å². The number of aromatic amines is 1. The van der Waals surface area contributed by atoms with Crippen molar-refractivity contribution < 1.29 is 9.21 Å². The van der Waals surface area contributed by atoms with Gasteiger partial charge in [-0.2, -0.15) is 9.78 Å². The lowest BCUT2D eigenvalue weighted by molar-refractivity contribution is 0.102. The topological polar surface area (TPSA) is 106 Å². The van der Waals surface area contributed by atoms with Crippen molar-refractivity contribution in [3.8, 4) is 17.4 Å². The molecule has 3 heterocycles. The molecular weight excluding hydrogens is 382 g/mol. The minimum atomic E-state index is -0.286. The molecule has 0 saturated heterocycles. The zero-order chi connectivity index (χ0) is 20.7. The average Bonchev–Trinajstić information content (AvgIpc) is 3.48. The summed E-state index contributed by atoms with van der Waals surface area (Å²) in [6, 6.07) is 12.5. The van der Waals surface area contributed by atoms with Gasteiger partial charge in [-0.3, -0.25) is 14.6 Å². The summed E-state index contributed by atoms with van der Waals surface area (Å²) in [5, 5.41) is 7.40. The molecule has 4 aromatic rings. The van der Waals surface area contributed by atoms with Gasteiger partial charge < -0.3 is 9.73 Å². The van der Waals surface area contributed by atoms with Crippen LogP contribution in [-0.2, 0) is 12.8 Å². The Morgan fingerprint density at radius 2 is 2.03 bits per heavy atom. The lowest BCUT2D eigenvalue weighted by Gasteiger charge is -2.09. The first-order valence-corrected chi connectivity index (χ1v) is 9.73. The van der Waals surface area contributed by atoms with Crippen LogP contribution in [0.4, 0.5) is 5.82 Å². The summed E-state index contributed by atoms with van der Waals surface area (Å²) < 4.78 is 6.88. The van der Waals surface area contributed by atoms with Crippen LogP contribution in [0.5, 0.6) is 0 Å². The van der Waals surface area contributed by atoms with Gasteiger partial charge in [0.2, 0.25) is 5.95 Å². The van der Waals surface area contributed by atoms with E-state index in [4.69, 9.17) is 4.42 Å². The number of hydrogen-bond donors (Lipinski definition) is 2. The first-order chi connectivity index (χ1) is 14.6. The fraction of sp³-hybridized carbons (Fsp3) is 0.182. The molecule has 0 saturated carbocycles. The fourth-order valence-corrected chi connectivity index (χ4v) is 3.60. The predicted octanol–water partition coefficient (Wildman–Crippen LogP) is 3.27. The SMILES string of the molecule is Cc1ccc(C(=O)Nc2cc(-c3ccco3)nn2-c2nc3c(c(=O)[nH]2)CCC3)cc1. The highest BCUT2D eigenvalue weighted by molar-refractivity contribution is 6.04. The number of carbonyl (C=O) groups excluding carboxylic acids is 1. The van der Waals surface area contributed by atoms with Crippen molar-refractivity contribution in [3.05, 3.63) is 81.5 Å². The summed E-state index contributed by atoms with van der Waals surface area (Å²) in [7, 11) is 0. The normalized spacial score (nSPS) is 12.7. The second-order valence-electron chi connectivity index (χ2n) is 7.29. The molecule has 0 unspecified atom stereocenters. The fourth-order valence-electron chi connectivity index (χ4n) is 3.60. The Kier molecular flexibility index (Phi) is 4.31. The number of furan rings is 1. The second kappa shape index (κ2) is 7.14. The van der Waals surface area contributed by atoms with Gasteiger partial charge in [0.1, 0.15) is 11.5 Å². The summed E-state index contributed by atoms with van der Waals surface area (Å²) in [6.07, 6.45) is 3.94. The zero-order valence-electron chi connectivity index (χ0n) is 16.3. The molecule has 3 aromatic heterocycles. The number of benzene rings is 1. The number of anilines is 1. The Balaban J connectivity index is 1.58. The summed E-state index contributed by atoms with van der Waals surface area (Å²) >= 11 is 0. The Morgan fingerprint density at radius 3 is 2.80 bits per heavy atom. The van der Waals surface area contributed by atoms with Crippen molar-refractivity contribution in [1.82, 2.24) is 19.7 Å². The molecule has 8 heteroatoms. The number of aryl methyl sites for hydroxylation is 2. The molecular formula is C22H19N5O3. The van der Waals surface area contributed by atoms with Crippen molar-refractivity contribution in [3.63, 3.8) is 0 Å². The molecule has 0 spiro atoms. The van der Waals surface area contributed by atoms with E-state index < -0.39 is 0 Å². The lowest BCUT2D eigenvalue weighted by atomic mass is 10.1. The number of rotatable bonds is 4. The number of nitrogens with one attached hydrogen (secondary N) is 2. The van der Waals surface area contributed by atoms with Gasteiger partial charge in [-0.1, -0.05) is 17.7 Å². The highest BCUT2D eigenvalue weighted by atomic mass is 16.3. The minimum absolute atomic E-state index is 0.168. The van der Waals surface area contributed by atoms with Gasteiger partial charge >= 0.3 is 0 Å². The van der Waals surface area contributed by atoms with E-state index in [0.29, 0.717) is 22.8 Å². The van der Waals surface area contributed by atoms with Crippen LogP contribution < -0.4 is 10.9 Å². The second-order valence-corrected chi connectivity index (χ2v) is 7.29. The third kappa shape index (κ3) is 3.22. The lowest BCUT2D eigenvalue weighted by Crippen LogP contribution is -2.21. The van der Waals surface area contributed by atoms with Crippen molar-refractivity contribution in [2.75, 3.05) is 5.32 Å². The number of amides is 1. The molecule has 0 fully saturated rings. The van der Waals surface area contributed by atoms with Gasteiger partial charge in [0.15, 0.2) is 5.76 Å². The monoisotopic (exact) mass is 401 g/mol. The summed E-state index contributed by atoms with van der Waals surface area (Å²) in [6.45, 7) is 1.96. The first-order valence-electron chi connectivity index (χ1n) is 9.73. The average molecular weight is 401 g/mol. The maximum Gasteiger partial charge on any atom is 0.256 e. The van der Waals surface area contributed by atoms with Crippen LogP contribution in [0.25, 0.3) is 17.4 Å². The highest BCUT2D eigenvalue weighted by Crippen LogP contribution is 2.25. The Hall–Kier alpha value is -3.94. The molecule has 30 heavy (non-hydrogen) atoms. The third-order valence-electron chi connectivity index (χ3n) is 5.17. The Labute approximate surface area is 171 Å². The molecule has 0 atom stereocenters. The molecule has 0 aliphatic heterocycles. The van der Waals surface area contributed by atoms with Crippen LogP contribution >= 0.6 is 0 Å². The Bertz CT molecular complexity index is 1280. The van der Waals surface area contributed by atoms with E-state index in [1.807, 2.05) is 19.1 Å². The molecule has 0 bridgehead atoms. The minimum Gasteiger partial charge on any atom is -0.463 e. The van der Waals surface area contributed by atoms with Crippen LogP contribution in [0, 0.1) is 6.92 Å². The molecule has 1 aliphatic rings. The van der Waals surface area contributed by atoms with Gasteiger partial charge in [-0.15, -0.1) is 0 Å². The summed E-state index contributed by atoms with van der Waals surface area (Å²) in [4.78, 5) is 32.7. The Morgan fingerprint density at radius 1 is 1.20 bits per heavy atom. The predicted molar refractivity (Wildman–Crippen MR) is 111 cm³/mol. The molecule has 5 rings (SSSR count). The van der Waals surface area contributed by atoms with Crippen molar-refractivity contribution in [2.45, 2.75) is 26.2 Å². The molecule has 2 N–H and O–H groups in total. The van der Waals surface area contributed by atoms with E-state index in [0.717, 1.165) is 36.1 Å². The third-order valence-corrected chi connectivity index (χ3v) is 5.17. The van der Waals surface area contributed by atoms with Crippen molar-refractivity contribution >= 4 is 11.7 Å². The van der Waals surface area contributed by atoms with Gasteiger partial charge in [0.05, 0.1) is 12.0 Å². The number of H-pyrrole nitrogens is 1. The van der Waals surface area contributed by atoms with Gasteiger partial charge in [-0.25, -0.2) is 4.98 Å². The highest BCUT2D eigenvalue weighted by Gasteiger charge is 2.21. The standard InChI is InChI=1S/C22H19N5O3/c1-13-7-9-14(10-8-13)20(28)24-19-12-17(18-6-3-11-30-18)26-27(19)22-23-16-5-2-4-15(16)21(29)25-22/h3,6-12H,2,4-5H2,1H3,(H,24,28)(H,23,25,29). The number of nitrogens with zero attached hydrogens (tertiary/aromatic N) is 3. The van der Waals surface area contributed by atoms with Crippen LogP contribution in [0.3, 0.4) is 0 Å². The van der Waals surface area contributed by atoms with E-state index in [9.17, 15) is 9.59 Å². The number of carbonyl (C=O) groups is 1. The van der Waals surface area contributed by atoms with Crippen molar-refractivity contribution in [1.29, 1.82) is 0 Å². The molecule has 1 aromatic carbocycles. The molecule has 1 amide bonds. The molecule has 0 radical (unpaired) electrons. The van der Waals surface area contributed by atoms with Crippen LogP contribution in [0.1, 0.15) is 33.6 Å². The van der Waals surface area contributed by atoms with E-state index in [2.05, 4.69) is 20.4 Å². The molecule has 8 nitrogen and oxygen atoms in total. The zero-order valence-corrected chi connectivity index (χ0v) is 16.3. The van der Waals surface area contributed by atoms with Gasteiger partial charge in [0.25, 0.3) is 11.5 Å². The first kappa shape index (κ1) is 18.1. The van der Waals surface area contributed by atoms with E-state index in [1.54, 1.807) is 36.6 Å². The number of hydrogen-bond acceptors (Lipinski definition) is 5. The van der Waals surface area contributed by atoms with Crippen LogP contribution in [0.15, 0.2) is 57.9 Å². The summed E-state index contributed by atoms with van der Waals surface area (Å²) in [5.41, 5.74) is 3.43. The van der Waals surface area contributed by atoms with E-state index >= 15 is 0 Å². The quantitative estimate of drug-likeness (QED) is 0.546. The van der Waals surface area contributed by atoms with E-state index in [1.165, 1.54) is 4.68 Å². The van der Waals surface area contributed by atoms with Crippen LogP contribution in [0.2, 0.25) is 0 Å². The smallest absolute Gasteiger partial charge is 0.256 e. The maximum atomic E-state index is 12.8. The van der Waals surface area contributed by atoms with Crippen LogP contribution in [-0.4, -0.2) is 25.7 Å². The largest absolute Gasteiger partial charge is 0.463 e. The molecule has 150 valence electrons.